The average Bonchev–Trinajstić information content (AvgIpc) is 1.98. The Morgan fingerprint density at radius 2 is 2.27 bits per heavy atom. The molecule has 64 valence electrons. The maximum absolute atomic E-state index is 10.6. The largest absolute Gasteiger partial charge is 0.459 e. The van der Waals surface area contributed by atoms with Crippen molar-refractivity contribution in [3.63, 3.8) is 0 Å². The molecule has 11 heavy (non-hydrogen) atoms. The normalized spacial score (nSPS) is 12.3. The Morgan fingerprint density at radius 3 is 2.64 bits per heavy atom. The third-order valence-corrected chi connectivity index (χ3v) is 0.906. The van der Waals surface area contributed by atoms with Gasteiger partial charge in [0, 0.05) is 0 Å². The van der Waals surface area contributed by atoms with Gasteiger partial charge < -0.3 is 14.9 Å². The van der Waals surface area contributed by atoms with E-state index in [1.54, 1.807) is 6.92 Å². The van der Waals surface area contributed by atoms with E-state index >= 15 is 0 Å². The van der Waals surface area contributed by atoms with Gasteiger partial charge in [-0.3, -0.25) is 0 Å². The van der Waals surface area contributed by atoms with Gasteiger partial charge in [0.1, 0.15) is 6.61 Å². The van der Waals surface area contributed by atoms with Crippen LogP contribution in [0.4, 0.5) is 0 Å². The summed E-state index contributed by atoms with van der Waals surface area (Å²) in [5.74, 6) is -0.824. The molecular weight excluding hydrogens is 148 g/mol. The van der Waals surface area contributed by atoms with Crippen molar-refractivity contribution >= 4 is 5.97 Å². The molecule has 1 unspecified atom stereocenters. The lowest BCUT2D eigenvalue weighted by atomic mass is 10.3. The molecule has 4 nitrogen and oxygen atoms in total. The fraction of sp³-hybridized carbons (Fsp3) is 0.571. The lowest BCUT2D eigenvalue weighted by Crippen LogP contribution is -2.26. The minimum atomic E-state index is -1.44. The van der Waals surface area contributed by atoms with Crippen molar-refractivity contribution in [3.05, 3.63) is 12.2 Å². The van der Waals surface area contributed by atoms with Crippen molar-refractivity contribution < 1.29 is 19.7 Å². The van der Waals surface area contributed by atoms with Crippen LogP contribution in [-0.2, 0) is 9.53 Å². The minimum Gasteiger partial charge on any atom is -0.459 e. The predicted octanol–water partition coefficient (Wildman–Crippen LogP) is -0.541. The topological polar surface area (TPSA) is 66.8 Å². The highest BCUT2D eigenvalue weighted by atomic mass is 16.5. The molecule has 0 radical (unpaired) electrons. The van der Waals surface area contributed by atoms with E-state index in [2.05, 4.69) is 11.3 Å². The number of carbonyl (C=O) groups excluding carboxylic acids is 1. The first-order valence-electron chi connectivity index (χ1n) is 3.18. The van der Waals surface area contributed by atoms with Crippen LogP contribution in [-0.4, -0.2) is 35.5 Å². The lowest BCUT2D eigenvalue weighted by molar-refractivity contribution is -0.154. The maximum Gasteiger partial charge on any atom is 0.337 e. The van der Waals surface area contributed by atoms with Gasteiger partial charge in [0.25, 0.3) is 0 Å². The molecule has 0 saturated carbocycles. The Bertz CT molecular complexity index is 153. The van der Waals surface area contributed by atoms with E-state index in [9.17, 15) is 4.79 Å². The second kappa shape index (κ2) is 4.87. The summed E-state index contributed by atoms with van der Waals surface area (Å²) in [7, 11) is 0. The Morgan fingerprint density at radius 1 is 1.73 bits per heavy atom. The molecule has 0 amide bonds. The Labute approximate surface area is 65.1 Å². The van der Waals surface area contributed by atoms with Gasteiger partial charge in [0.2, 0.25) is 0 Å². The number of ether oxygens (including phenoxy) is 1. The van der Waals surface area contributed by atoms with E-state index in [-0.39, 0.29) is 6.61 Å². The number of hydrogen-bond acceptors (Lipinski definition) is 4. The first-order chi connectivity index (χ1) is 5.07. The number of hydrogen-bond donors (Lipinski definition) is 2. The number of carbonyl (C=O) groups is 1. The summed E-state index contributed by atoms with van der Waals surface area (Å²) in [5.41, 5.74) is 0.684. The highest BCUT2D eigenvalue weighted by molar-refractivity contribution is 5.74. The Kier molecular flexibility index (Phi) is 4.49. The molecule has 0 aliphatic carbocycles. The summed E-state index contributed by atoms with van der Waals surface area (Å²) >= 11 is 0. The number of aliphatic hydroxyl groups is 2. The van der Waals surface area contributed by atoms with Crippen molar-refractivity contribution in [2.24, 2.45) is 0 Å². The third kappa shape index (κ3) is 4.52. The van der Waals surface area contributed by atoms with Crippen LogP contribution in [0.3, 0.4) is 0 Å². The predicted molar refractivity (Wildman–Crippen MR) is 38.9 cm³/mol. The molecule has 0 aromatic rings. The quantitative estimate of drug-likeness (QED) is 0.428. The van der Waals surface area contributed by atoms with E-state index in [1.807, 2.05) is 0 Å². The molecule has 0 bridgehead atoms. The van der Waals surface area contributed by atoms with Gasteiger partial charge in [-0.15, -0.1) is 0 Å². The van der Waals surface area contributed by atoms with Gasteiger partial charge >= 0.3 is 5.97 Å². The zero-order valence-corrected chi connectivity index (χ0v) is 6.41. The molecule has 0 aliphatic heterocycles. The van der Waals surface area contributed by atoms with Crippen LogP contribution < -0.4 is 0 Å². The molecule has 0 spiro atoms. The van der Waals surface area contributed by atoms with Crippen LogP contribution in [0.2, 0.25) is 0 Å². The standard InChI is InChI=1S/C7H12O4/c1-5(2)4-11-7(10)6(9)3-8/h6,8-9H,1,3-4H2,2H3. The summed E-state index contributed by atoms with van der Waals surface area (Å²) in [5, 5.41) is 17.0. The van der Waals surface area contributed by atoms with E-state index in [4.69, 9.17) is 10.2 Å². The van der Waals surface area contributed by atoms with Crippen molar-refractivity contribution in [2.75, 3.05) is 13.2 Å². The molecule has 4 heteroatoms. The summed E-state index contributed by atoms with van der Waals surface area (Å²) in [4.78, 5) is 10.6. The van der Waals surface area contributed by atoms with Crippen molar-refractivity contribution in [2.45, 2.75) is 13.0 Å². The fourth-order valence-corrected chi connectivity index (χ4v) is 0.365. The molecule has 0 heterocycles. The Hall–Kier alpha value is -0.870. The molecule has 0 rings (SSSR count). The fourth-order valence-electron chi connectivity index (χ4n) is 0.365. The van der Waals surface area contributed by atoms with Gasteiger partial charge in [0.05, 0.1) is 6.61 Å². The molecule has 2 N–H and O–H groups in total. The lowest BCUT2D eigenvalue weighted by Gasteiger charge is -2.06. The second-order valence-electron chi connectivity index (χ2n) is 2.26. The van der Waals surface area contributed by atoms with Crippen LogP contribution in [0.25, 0.3) is 0 Å². The molecular formula is C7H12O4. The van der Waals surface area contributed by atoms with Crippen LogP contribution in [0.15, 0.2) is 12.2 Å². The average molecular weight is 160 g/mol. The second-order valence-corrected chi connectivity index (χ2v) is 2.26. The van der Waals surface area contributed by atoms with E-state index in [0.29, 0.717) is 5.57 Å². The number of esters is 1. The number of rotatable bonds is 4. The first-order valence-corrected chi connectivity index (χ1v) is 3.18. The van der Waals surface area contributed by atoms with Crippen molar-refractivity contribution in [1.82, 2.24) is 0 Å². The van der Waals surface area contributed by atoms with Gasteiger partial charge in [-0.25, -0.2) is 4.79 Å². The summed E-state index contributed by atoms with van der Waals surface area (Å²) in [6.45, 7) is 4.65. The van der Waals surface area contributed by atoms with Crippen LogP contribution in [0.5, 0.6) is 0 Å². The van der Waals surface area contributed by atoms with Gasteiger partial charge in [-0.1, -0.05) is 6.58 Å². The zero-order valence-electron chi connectivity index (χ0n) is 6.41. The van der Waals surface area contributed by atoms with E-state index in [0.717, 1.165) is 0 Å². The SMILES string of the molecule is C=C(C)COC(=O)C(O)CO. The molecule has 0 aromatic heterocycles. The Balaban J connectivity index is 3.60. The molecule has 0 saturated heterocycles. The van der Waals surface area contributed by atoms with Crippen LogP contribution >= 0.6 is 0 Å². The van der Waals surface area contributed by atoms with Crippen LogP contribution in [0.1, 0.15) is 6.92 Å². The summed E-state index contributed by atoms with van der Waals surface area (Å²) < 4.78 is 4.51. The van der Waals surface area contributed by atoms with Gasteiger partial charge in [-0.05, 0) is 12.5 Å². The third-order valence-electron chi connectivity index (χ3n) is 0.906. The van der Waals surface area contributed by atoms with Crippen LogP contribution in [0, 0.1) is 0 Å². The smallest absolute Gasteiger partial charge is 0.337 e. The summed E-state index contributed by atoms with van der Waals surface area (Å²) in [6, 6.07) is 0. The molecule has 0 fully saturated rings. The highest BCUT2D eigenvalue weighted by Crippen LogP contribution is 1.92. The van der Waals surface area contributed by atoms with E-state index < -0.39 is 18.7 Å². The van der Waals surface area contributed by atoms with Crippen molar-refractivity contribution in [1.29, 1.82) is 0 Å². The molecule has 0 aromatic carbocycles. The minimum absolute atomic E-state index is 0.0793. The van der Waals surface area contributed by atoms with Crippen molar-refractivity contribution in [3.8, 4) is 0 Å². The monoisotopic (exact) mass is 160 g/mol. The maximum atomic E-state index is 10.6. The molecule has 0 aliphatic rings. The van der Waals surface area contributed by atoms with Gasteiger partial charge in [0.15, 0.2) is 6.10 Å². The van der Waals surface area contributed by atoms with E-state index in [1.165, 1.54) is 0 Å². The first kappa shape index (κ1) is 10.1. The zero-order chi connectivity index (χ0) is 8.85. The number of aliphatic hydroxyl groups excluding tert-OH is 2. The summed E-state index contributed by atoms with van der Waals surface area (Å²) in [6.07, 6.45) is -1.44. The molecule has 1 atom stereocenters. The van der Waals surface area contributed by atoms with Gasteiger partial charge in [-0.2, -0.15) is 0 Å². The highest BCUT2D eigenvalue weighted by Gasteiger charge is 2.14.